The molecule has 4 rings (SSSR count). The van der Waals surface area contributed by atoms with Gasteiger partial charge in [-0.15, -0.1) is 0 Å². The summed E-state index contributed by atoms with van der Waals surface area (Å²) in [6.07, 6.45) is 0. The van der Waals surface area contributed by atoms with Crippen LogP contribution >= 0.6 is 0 Å². The van der Waals surface area contributed by atoms with Crippen molar-refractivity contribution in [1.29, 1.82) is 0 Å². The van der Waals surface area contributed by atoms with Gasteiger partial charge >= 0.3 is 0 Å². The first kappa shape index (κ1) is 21.1. The summed E-state index contributed by atoms with van der Waals surface area (Å²) >= 11 is 0. The Bertz CT molecular complexity index is 1200. The lowest BCUT2D eigenvalue weighted by molar-refractivity contribution is -0.118. The molecule has 162 valence electrons. The van der Waals surface area contributed by atoms with Crippen molar-refractivity contribution < 1.29 is 23.9 Å². The maximum absolute atomic E-state index is 12.8. The van der Waals surface area contributed by atoms with E-state index >= 15 is 0 Å². The average molecular weight is 430 g/mol. The summed E-state index contributed by atoms with van der Waals surface area (Å²) in [6, 6.07) is 17.1. The molecular weight excluding hydrogens is 408 g/mol. The lowest BCUT2D eigenvalue weighted by Crippen LogP contribution is -2.29. The van der Waals surface area contributed by atoms with E-state index in [2.05, 4.69) is 5.32 Å². The standard InChI is InChI=1S/C25H22N2O5/c1-15-7-6-10-21(16(15)2)32-14-23(28)26-17-11-12-20(22(13-17)31-3)27-24(29)18-8-4-5-9-19(18)25(27)30/h4-13H,14H2,1-3H3,(H,26,28). The number of carbonyl (C=O) groups is 3. The fraction of sp³-hybridized carbons (Fsp3) is 0.160. The predicted octanol–water partition coefficient (Wildman–Crippen LogP) is 4.13. The van der Waals surface area contributed by atoms with Gasteiger partial charge in [0.05, 0.1) is 23.9 Å². The van der Waals surface area contributed by atoms with Gasteiger partial charge in [0.15, 0.2) is 6.61 Å². The highest BCUT2D eigenvalue weighted by atomic mass is 16.5. The van der Waals surface area contributed by atoms with Crippen LogP contribution in [0, 0.1) is 13.8 Å². The highest BCUT2D eigenvalue weighted by molar-refractivity contribution is 6.34. The third-order valence-electron chi connectivity index (χ3n) is 5.41. The minimum atomic E-state index is -0.414. The number of benzene rings is 3. The van der Waals surface area contributed by atoms with Crippen LogP contribution < -0.4 is 19.7 Å². The van der Waals surface area contributed by atoms with Crippen molar-refractivity contribution in [1.82, 2.24) is 0 Å². The second kappa shape index (κ2) is 8.55. The maximum Gasteiger partial charge on any atom is 0.266 e. The summed E-state index contributed by atoms with van der Waals surface area (Å²) in [5.41, 5.74) is 3.52. The van der Waals surface area contributed by atoms with E-state index in [0.29, 0.717) is 28.3 Å². The Morgan fingerprint density at radius 1 is 0.906 bits per heavy atom. The smallest absolute Gasteiger partial charge is 0.266 e. The summed E-state index contributed by atoms with van der Waals surface area (Å²) in [5.74, 6) is -0.238. The largest absolute Gasteiger partial charge is 0.494 e. The van der Waals surface area contributed by atoms with Crippen LogP contribution in [0.1, 0.15) is 31.8 Å². The Morgan fingerprint density at radius 2 is 1.59 bits per heavy atom. The molecule has 0 atom stereocenters. The van der Waals surface area contributed by atoms with Gasteiger partial charge in [-0.2, -0.15) is 0 Å². The molecule has 0 saturated heterocycles. The average Bonchev–Trinajstić information content (AvgIpc) is 3.05. The molecule has 1 aliphatic heterocycles. The number of nitrogens with one attached hydrogen (secondary N) is 1. The zero-order chi connectivity index (χ0) is 22.8. The highest BCUT2D eigenvalue weighted by Crippen LogP contribution is 2.36. The normalized spacial score (nSPS) is 12.5. The minimum absolute atomic E-state index is 0.160. The Hall–Kier alpha value is -4.13. The summed E-state index contributed by atoms with van der Waals surface area (Å²) in [4.78, 5) is 39.0. The first-order valence-electron chi connectivity index (χ1n) is 10.1. The third-order valence-corrected chi connectivity index (χ3v) is 5.41. The van der Waals surface area contributed by atoms with Crippen molar-refractivity contribution >= 4 is 29.1 Å². The molecule has 0 saturated carbocycles. The summed E-state index contributed by atoms with van der Waals surface area (Å²) < 4.78 is 11.0. The number of aryl methyl sites for hydroxylation is 1. The van der Waals surface area contributed by atoms with Gasteiger partial charge < -0.3 is 14.8 Å². The Kier molecular flexibility index (Phi) is 5.64. The molecule has 0 spiro atoms. The van der Waals surface area contributed by atoms with Crippen LogP contribution in [0.5, 0.6) is 11.5 Å². The number of ether oxygens (including phenoxy) is 2. The molecule has 0 fully saturated rings. The quantitative estimate of drug-likeness (QED) is 0.595. The van der Waals surface area contributed by atoms with Crippen LogP contribution in [0.2, 0.25) is 0 Å². The molecule has 1 N–H and O–H groups in total. The highest BCUT2D eigenvalue weighted by Gasteiger charge is 2.37. The van der Waals surface area contributed by atoms with Crippen LogP contribution in [0.25, 0.3) is 0 Å². The summed E-state index contributed by atoms with van der Waals surface area (Å²) in [5, 5.41) is 2.75. The number of amides is 3. The van der Waals surface area contributed by atoms with Gasteiger partial charge in [0.1, 0.15) is 11.5 Å². The van der Waals surface area contributed by atoms with Crippen molar-refractivity contribution in [3.8, 4) is 11.5 Å². The van der Waals surface area contributed by atoms with Crippen molar-refractivity contribution in [2.45, 2.75) is 13.8 Å². The van der Waals surface area contributed by atoms with Crippen molar-refractivity contribution in [2.24, 2.45) is 0 Å². The number of anilines is 2. The van der Waals surface area contributed by atoms with Gasteiger partial charge in [0, 0.05) is 11.8 Å². The summed E-state index contributed by atoms with van der Waals surface area (Å²) in [6.45, 7) is 3.75. The van der Waals surface area contributed by atoms with E-state index in [9.17, 15) is 14.4 Å². The van der Waals surface area contributed by atoms with Gasteiger partial charge in [-0.3, -0.25) is 14.4 Å². The van der Waals surface area contributed by atoms with Gasteiger partial charge in [0.2, 0.25) is 0 Å². The molecule has 0 radical (unpaired) electrons. The lowest BCUT2D eigenvalue weighted by atomic mass is 10.1. The fourth-order valence-electron chi connectivity index (χ4n) is 3.57. The number of fused-ring (bicyclic) bond motifs is 1. The molecule has 32 heavy (non-hydrogen) atoms. The van der Waals surface area contributed by atoms with E-state index in [1.165, 1.54) is 7.11 Å². The van der Waals surface area contributed by atoms with Crippen LogP contribution in [0.3, 0.4) is 0 Å². The zero-order valence-corrected chi connectivity index (χ0v) is 18.0. The van der Waals surface area contributed by atoms with Crippen molar-refractivity contribution in [2.75, 3.05) is 23.9 Å². The van der Waals surface area contributed by atoms with Crippen LogP contribution in [-0.2, 0) is 4.79 Å². The topological polar surface area (TPSA) is 84.9 Å². The van der Waals surface area contributed by atoms with Crippen LogP contribution in [-0.4, -0.2) is 31.4 Å². The molecule has 3 aromatic rings. The van der Waals surface area contributed by atoms with Crippen molar-refractivity contribution in [3.05, 3.63) is 82.9 Å². The molecule has 0 unspecified atom stereocenters. The second-order valence-corrected chi connectivity index (χ2v) is 7.41. The number of hydrogen-bond acceptors (Lipinski definition) is 5. The van der Waals surface area contributed by atoms with Gasteiger partial charge in [-0.05, 0) is 55.3 Å². The molecule has 0 aliphatic carbocycles. The molecular formula is C25H22N2O5. The fourth-order valence-corrected chi connectivity index (χ4v) is 3.57. The number of hydrogen-bond donors (Lipinski definition) is 1. The first-order valence-corrected chi connectivity index (χ1v) is 10.1. The zero-order valence-electron chi connectivity index (χ0n) is 18.0. The lowest BCUT2D eigenvalue weighted by Gasteiger charge is -2.18. The molecule has 3 amide bonds. The maximum atomic E-state index is 12.8. The van der Waals surface area contributed by atoms with Crippen molar-refractivity contribution in [3.63, 3.8) is 0 Å². The molecule has 0 aromatic heterocycles. The molecule has 7 nitrogen and oxygen atoms in total. The first-order chi connectivity index (χ1) is 15.4. The molecule has 3 aromatic carbocycles. The molecule has 0 bridgehead atoms. The Morgan fingerprint density at radius 3 is 2.25 bits per heavy atom. The van der Waals surface area contributed by atoms with E-state index in [1.807, 2.05) is 32.0 Å². The number of rotatable bonds is 6. The molecule has 1 aliphatic rings. The van der Waals surface area contributed by atoms with E-state index < -0.39 is 11.8 Å². The second-order valence-electron chi connectivity index (χ2n) is 7.41. The Balaban J connectivity index is 1.49. The SMILES string of the molecule is COc1cc(NC(=O)COc2cccc(C)c2C)ccc1N1C(=O)c2ccccc2C1=O. The number of nitrogens with zero attached hydrogens (tertiary/aromatic N) is 1. The summed E-state index contributed by atoms with van der Waals surface area (Å²) in [7, 11) is 1.44. The number of imide groups is 1. The molecule has 7 heteroatoms. The monoisotopic (exact) mass is 430 g/mol. The van der Waals surface area contributed by atoms with Crippen LogP contribution in [0.15, 0.2) is 60.7 Å². The van der Waals surface area contributed by atoms with E-state index in [1.54, 1.807) is 42.5 Å². The van der Waals surface area contributed by atoms with E-state index in [4.69, 9.17) is 9.47 Å². The minimum Gasteiger partial charge on any atom is -0.494 e. The number of carbonyl (C=O) groups excluding carboxylic acids is 3. The van der Waals surface area contributed by atoms with E-state index in [0.717, 1.165) is 16.0 Å². The van der Waals surface area contributed by atoms with Gasteiger partial charge in [0.25, 0.3) is 17.7 Å². The van der Waals surface area contributed by atoms with Gasteiger partial charge in [-0.25, -0.2) is 4.90 Å². The Labute approximate surface area is 185 Å². The third kappa shape index (κ3) is 3.80. The predicted molar refractivity (Wildman–Crippen MR) is 121 cm³/mol. The van der Waals surface area contributed by atoms with Gasteiger partial charge in [-0.1, -0.05) is 24.3 Å². The van der Waals surface area contributed by atoms with E-state index in [-0.39, 0.29) is 18.3 Å². The number of methoxy groups -OCH3 is 1. The molecule has 1 heterocycles. The van der Waals surface area contributed by atoms with Crippen LogP contribution in [0.4, 0.5) is 11.4 Å².